The summed E-state index contributed by atoms with van der Waals surface area (Å²) in [5.41, 5.74) is 4.43. The Labute approximate surface area is 121 Å². The molecule has 4 heteroatoms. The van der Waals surface area contributed by atoms with Gasteiger partial charge in [0.1, 0.15) is 5.82 Å². The second-order valence-corrected chi connectivity index (χ2v) is 5.91. The van der Waals surface area contributed by atoms with Gasteiger partial charge in [-0.25, -0.2) is 9.82 Å². The lowest BCUT2D eigenvalue weighted by atomic mass is 10.0. The largest absolute Gasteiger partial charge is 0.271 e. The van der Waals surface area contributed by atoms with E-state index < -0.39 is 0 Å². The topological polar surface area (TPSA) is 38.0 Å². The van der Waals surface area contributed by atoms with Crippen LogP contribution in [0.3, 0.4) is 0 Å². The van der Waals surface area contributed by atoms with E-state index in [1.165, 1.54) is 16.2 Å². The first-order chi connectivity index (χ1) is 9.69. The number of halogens is 1. The van der Waals surface area contributed by atoms with Crippen LogP contribution in [-0.2, 0) is 0 Å². The predicted octanol–water partition coefficient (Wildman–Crippen LogP) is 3.90. The van der Waals surface area contributed by atoms with Crippen molar-refractivity contribution in [1.29, 1.82) is 0 Å². The standard InChI is InChI=1S/C16H15FN2S/c1-10-8-12(6-7-13(10)17)16(19-18)15-9-11-4-2-3-5-14(11)20-15/h2-9,16,19H,18H2,1H3. The number of benzene rings is 2. The molecule has 1 aromatic heterocycles. The van der Waals surface area contributed by atoms with E-state index in [2.05, 4.69) is 23.6 Å². The summed E-state index contributed by atoms with van der Waals surface area (Å²) < 4.78 is 14.6. The Bertz CT molecular complexity index is 718. The van der Waals surface area contributed by atoms with Gasteiger partial charge in [0.25, 0.3) is 0 Å². The van der Waals surface area contributed by atoms with Gasteiger partial charge in [-0.3, -0.25) is 5.84 Å². The molecule has 0 bridgehead atoms. The zero-order valence-electron chi connectivity index (χ0n) is 11.1. The van der Waals surface area contributed by atoms with Gasteiger partial charge in [0, 0.05) is 9.58 Å². The maximum atomic E-state index is 13.4. The SMILES string of the molecule is Cc1cc(C(NN)c2cc3ccccc3s2)ccc1F. The monoisotopic (exact) mass is 286 g/mol. The molecular formula is C16H15FN2S. The Morgan fingerprint density at radius 2 is 1.95 bits per heavy atom. The summed E-state index contributed by atoms with van der Waals surface area (Å²) in [4.78, 5) is 1.12. The van der Waals surface area contributed by atoms with Crippen LogP contribution in [0.4, 0.5) is 4.39 Å². The lowest BCUT2D eigenvalue weighted by Crippen LogP contribution is -2.28. The first-order valence-electron chi connectivity index (χ1n) is 6.39. The molecule has 3 aromatic rings. The van der Waals surface area contributed by atoms with Crippen molar-refractivity contribution in [1.82, 2.24) is 5.43 Å². The van der Waals surface area contributed by atoms with E-state index >= 15 is 0 Å². The molecule has 0 amide bonds. The Morgan fingerprint density at radius 3 is 2.65 bits per heavy atom. The Kier molecular flexibility index (Phi) is 3.53. The van der Waals surface area contributed by atoms with Gasteiger partial charge in [0.05, 0.1) is 6.04 Å². The van der Waals surface area contributed by atoms with Crippen molar-refractivity contribution in [2.45, 2.75) is 13.0 Å². The highest BCUT2D eigenvalue weighted by Crippen LogP contribution is 2.33. The van der Waals surface area contributed by atoms with Crippen LogP contribution < -0.4 is 11.3 Å². The van der Waals surface area contributed by atoms with E-state index in [9.17, 15) is 4.39 Å². The summed E-state index contributed by atoms with van der Waals surface area (Å²) in [5.74, 6) is 5.52. The zero-order valence-corrected chi connectivity index (χ0v) is 11.9. The minimum Gasteiger partial charge on any atom is -0.271 e. The van der Waals surface area contributed by atoms with Gasteiger partial charge < -0.3 is 0 Å². The van der Waals surface area contributed by atoms with Crippen LogP contribution in [0.15, 0.2) is 48.5 Å². The van der Waals surface area contributed by atoms with Crippen molar-refractivity contribution in [3.63, 3.8) is 0 Å². The summed E-state index contributed by atoms with van der Waals surface area (Å²) in [6.07, 6.45) is 0. The van der Waals surface area contributed by atoms with E-state index in [4.69, 9.17) is 5.84 Å². The van der Waals surface area contributed by atoms with E-state index in [0.29, 0.717) is 5.56 Å². The number of thiophene rings is 1. The van der Waals surface area contributed by atoms with Crippen LogP contribution in [0.1, 0.15) is 22.0 Å². The number of rotatable bonds is 3. The van der Waals surface area contributed by atoms with E-state index in [1.54, 1.807) is 24.3 Å². The number of nitrogens with two attached hydrogens (primary N) is 1. The van der Waals surface area contributed by atoms with Crippen molar-refractivity contribution in [3.8, 4) is 0 Å². The minimum absolute atomic E-state index is 0.119. The van der Waals surface area contributed by atoms with Crippen LogP contribution in [0.5, 0.6) is 0 Å². The van der Waals surface area contributed by atoms with Gasteiger partial charge in [0.2, 0.25) is 0 Å². The van der Waals surface area contributed by atoms with E-state index in [0.717, 1.165) is 10.4 Å². The second-order valence-electron chi connectivity index (χ2n) is 4.79. The molecule has 3 N–H and O–H groups in total. The average molecular weight is 286 g/mol. The van der Waals surface area contributed by atoms with Crippen molar-refractivity contribution in [3.05, 3.63) is 70.4 Å². The predicted molar refractivity (Wildman–Crippen MR) is 82.1 cm³/mol. The van der Waals surface area contributed by atoms with Crippen molar-refractivity contribution in [2.75, 3.05) is 0 Å². The van der Waals surface area contributed by atoms with Crippen LogP contribution in [-0.4, -0.2) is 0 Å². The summed E-state index contributed by atoms with van der Waals surface area (Å²) in [6, 6.07) is 15.3. The lowest BCUT2D eigenvalue weighted by Gasteiger charge is -2.15. The number of hydrazine groups is 1. The number of nitrogens with one attached hydrogen (secondary N) is 1. The summed E-state index contributed by atoms with van der Waals surface area (Å²) in [6.45, 7) is 1.76. The molecule has 0 spiro atoms. The first-order valence-corrected chi connectivity index (χ1v) is 7.21. The van der Waals surface area contributed by atoms with Gasteiger partial charge in [-0.15, -0.1) is 11.3 Å². The molecule has 3 rings (SSSR count). The minimum atomic E-state index is -0.194. The van der Waals surface area contributed by atoms with Crippen LogP contribution in [0.25, 0.3) is 10.1 Å². The van der Waals surface area contributed by atoms with Crippen LogP contribution >= 0.6 is 11.3 Å². The molecule has 20 heavy (non-hydrogen) atoms. The van der Waals surface area contributed by atoms with Gasteiger partial charge in [0.15, 0.2) is 0 Å². The highest BCUT2D eigenvalue weighted by atomic mass is 32.1. The fraction of sp³-hybridized carbons (Fsp3) is 0.125. The third-order valence-electron chi connectivity index (χ3n) is 3.41. The van der Waals surface area contributed by atoms with Crippen molar-refractivity contribution >= 4 is 21.4 Å². The van der Waals surface area contributed by atoms with Gasteiger partial charge in [-0.2, -0.15) is 0 Å². The van der Waals surface area contributed by atoms with Gasteiger partial charge >= 0.3 is 0 Å². The Morgan fingerprint density at radius 1 is 1.15 bits per heavy atom. The van der Waals surface area contributed by atoms with E-state index in [-0.39, 0.29) is 11.9 Å². The molecule has 0 aliphatic carbocycles. The fourth-order valence-electron chi connectivity index (χ4n) is 2.33. The maximum Gasteiger partial charge on any atom is 0.126 e. The third-order valence-corrected chi connectivity index (χ3v) is 4.59. The second kappa shape index (κ2) is 5.32. The number of hydrogen-bond acceptors (Lipinski definition) is 3. The first kappa shape index (κ1) is 13.2. The van der Waals surface area contributed by atoms with Gasteiger partial charge in [-0.05, 0) is 41.6 Å². The normalized spacial score (nSPS) is 12.8. The lowest BCUT2D eigenvalue weighted by molar-refractivity contribution is 0.610. The average Bonchev–Trinajstić information content (AvgIpc) is 2.87. The molecule has 2 aromatic carbocycles. The molecule has 1 atom stereocenters. The maximum absolute atomic E-state index is 13.4. The third kappa shape index (κ3) is 2.33. The number of fused-ring (bicyclic) bond motifs is 1. The molecule has 0 saturated heterocycles. The zero-order chi connectivity index (χ0) is 14.1. The summed E-state index contributed by atoms with van der Waals surface area (Å²) in [7, 11) is 0. The molecule has 0 aliphatic rings. The summed E-state index contributed by atoms with van der Waals surface area (Å²) in [5, 5.41) is 1.20. The van der Waals surface area contributed by atoms with Crippen LogP contribution in [0.2, 0.25) is 0 Å². The molecule has 1 heterocycles. The van der Waals surface area contributed by atoms with Crippen molar-refractivity contribution < 1.29 is 4.39 Å². The Hall–Kier alpha value is -1.75. The molecule has 0 saturated carbocycles. The fourth-order valence-corrected chi connectivity index (χ4v) is 3.49. The molecular weight excluding hydrogens is 271 g/mol. The molecule has 2 nitrogen and oxygen atoms in total. The molecule has 0 radical (unpaired) electrons. The Balaban J connectivity index is 2.06. The van der Waals surface area contributed by atoms with E-state index in [1.807, 2.05) is 18.2 Å². The molecule has 0 aliphatic heterocycles. The quantitative estimate of drug-likeness (QED) is 0.566. The molecule has 102 valence electrons. The smallest absolute Gasteiger partial charge is 0.126 e. The van der Waals surface area contributed by atoms with Gasteiger partial charge in [-0.1, -0.05) is 30.3 Å². The van der Waals surface area contributed by atoms with Crippen molar-refractivity contribution in [2.24, 2.45) is 5.84 Å². The number of aryl methyl sites for hydroxylation is 1. The molecule has 0 fully saturated rings. The van der Waals surface area contributed by atoms with Crippen LogP contribution in [0, 0.1) is 12.7 Å². The highest BCUT2D eigenvalue weighted by Gasteiger charge is 2.16. The summed E-state index contributed by atoms with van der Waals surface area (Å²) >= 11 is 1.70. The molecule has 1 unspecified atom stereocenters. The highest BCUT2D eigenvalue weighted by molar-refractivity contribution is 7.19. The number of hydrogen-bond donors (Lipinski definition) is 2.